The molecule has 0 bridgehead atoms. The molecule has 0 aromatic heterocycles. The number of rotatable bonds is 8. The average Bonchev–Trinajstić information content (AvgIpc) is 3.65. The van der Waals surface area contributed by atoms with E-state index >= 15 is 0 Å². The number of hydrogen-bond acceptors (Lipinski definition) is 3. The van der Waals surface area contributed by atoms with Crippen LogP contribution in [0.25, 0.3) is 0 Å². The number of halogens is 1. The SMILES string of the molecule is C=CCNC(=O)[C@H](CC)Oc1ccc2c(c1)[C@@H](c1cccc(F)c1)N(C(=O)C1CC1)CC2. The van der Waals surface area contributed by atoms with Crippen LogP contribution in [0.5, 0.6) is 5.75 Å². The molecule has 2 aliphatic rings. The topological polar surface area (TPSA) is 58.6 Å². The summed E-state index contributed by atoms with van der Waals surface area (Å²) in [6.07, 6.45) is 4.07. The second kappa shape index (κ2) is 9.55. The summed E-state index contributed by atoms with van der Waals surface area (Å²) in [6.45, 7) is 6.49. The number of amides is 2. The molecule has 5 nitrogen and oxygen atoms in total. The highest BCUT2D eigenvalue weighted by atomic mass is 19.1. The van der Waals surface area contributed by atoms with Crippen LogP contribution in [0, 0.1) is 11.7 Å². The lowest BCUT2D eigenvalue weighted by atomic mass is 9.87. The number of nitrogens with zero attached hydrogens (tertiary/aromatic N) is 1. The van der Waals surface area contributed by atoms with E-state index < -0.39 is 6.10 Å². The van der Waals surface area contributed by atoms with Crippen LogP contribution in [0.1, 0.15) is 48.9 Å². The van der Waals surface area contributed by atoms with E-state index in [1.807, 2.05) is 36.1 Å². The Bertz CT molecular complexity index is 1020. The van der Waals surface area contributed by atoms with Gasteiger partial charge in [0.15, 0.2) is 6.10 Å². The summed E-state index contributed by atoms with van der Waals surface area (Å²) in [7, 11) is 0. The molecular weight excluding hydrogens is 407 g/mol. The summed E-state index contributed by atoms with van der Waals surface area (Å²) in [6, 6.07) is 11.8. The number of fused-ring (bicyclic) bond motifs is 1. The van der Waals surface area contributed by atoms with E-state index in [1.54, 1.807) is 12.1 Å². The normalized spacial score (nSPS) is 18.4. The number of benzene rings is 2. The van der Waals surface area contributed by atoms with Gasteiger partial charge in [-0.15, -0.1) is 6.58 Å². The van der Waals surface area contributed by atoms with Crippen molar-refractivity contribution in [1.29, 1.82) is 0 Å². The van der Waals surface area contributed by atoms with Gasteiger partial charge in [0.05, 0.1) is 6.04 Å². The monoisotopic (exact) mass is 436 g/mol. The largest absolute Gasteiger partial charge is 0.481 e. The number of nitrogens with one attached hydrogen (secondary N) is 1. The van der Waals surface area contributed by atoms with Crippen LogP contribution in [0.15, 0.2) is 55.1 Å². The lowest BCUT2D eigenvalue weighted by molar-refractivity contribution is -0.134. The Morgan fingerprint density at radius 2 is 2.09 bits per heavy atom. The minimum atomic E-state index is -0.631. The maximum absolute atomic E-state index is 14.1. The molecule has 4 rings (SSSR count). The molecule has 1 aliphatic heterocycles. The number of ether oxygens (including phenoxy) is 1. The van der Waals surface area contributed by atoms with E-state index in [0.717, 1.165) is 36.0 Å². The molecule has 0 spiro atoms. The highest BCUT2D eigenvalue weighted by molar-refractivity contribution is 5.82. The molecule has 1 fully saturated rings. The lowest BCUT2D eigenvalue weighted by Gasteiger charge is -2.38. The molecule has 0 saturated heterocycles. The third-order valence-electron chi connectivity index (χ3n) is 6.08. The Hall–Kier alpha value is -3.15. The van der Waals surface area contributed by atoms with Gasteiger partial charge in [0.1, 0.15) is 11.6 Å². The minimum absolute atomic E-state index is 0.0741. The Balaban J connectivity index is 1.68. The van der Waals surface area contributed by atoms with Crippen molar-refractivity contribution in [2.45, 2.75) is 44.8 Å². The molecule has 32 heavy (non-hydrogen) atoms. The van der Waals surface area contributed by atoms with Crippen molar-refractivity contribution in [2.24, 2.45) is 5.92 Å². The van der Waals surface area contributed by atoms with Gasteiger partial charge in [0, 0.05) is 19.0 Å². The smallest absolute Gasteiger partial charge is 0.261 e. The molecule has 2 amide bonds. The van der Waals surface area contributed by atoms with E-state index in [9.17, 15) is 14.0 Å². The Kier molecular flexibility index (Phi) is 6.58. The summed E-state index contributed by atoms with van der Waals surface area (Å²) in [4.78, 5) is 27.4. The predicted molar refractivity (Wildman–Crippen MR) is 121 cm³/mol. The van der Waals surface area contributed by atoms with Crippen molar-refractivity contribution < 1.29 is 18.7 Å². The fourth-order valence-electron chi connectivity index (χ4n) is 4.28. The van der Waals surface area contributed by atoms with Crippen molar-refractivity contribution >= 4 is 11.8 Å². The standard InChI is InChI=1S/C26H29FN2O3/c1-3-13-28-25(30)23(4-2)32-21-11-10-17-12-14-29(26(31)18-8-9-18)24(22(17)16-21)19-6-5-7-20(27)15-19/h3,5-7,10-11,15-16,18,23-24H,1,4,8-9,12-14H2,2H3,(H,28,30)/t23-,24+/m0/s1. The van der Waals surface area contributed by atoms with Gasteiger partial charge in [0.2, 0.25) is 5.91 Å². The first kappa shape index (κ1) is 22.1. The van der Waals surface area contributed by atoms with Crippen LogP contribution >= 0.6 is 0 Å². The van der Waals surface area contributed by atoms with Crippen molar-refractivity contribution in [3.63, 3.8) is 0 Å². The minimum Gasteiger partial charge on any atom is -0.481 e. The first-order valence-corrected chi connectivity index (χ1v) is 11.3. The van der Waals surface area contributed by atoms with Crippen LogP contribution in [0.2, 0.25) is 0 Å². The maximum atomic E-state index is 14.1. The molecule has 0 radical (unpaired) electrons. The van der Waals surface area contributed by atoms with Gasteiger partial charge < -0.3 is 15.0 Å². The van der Waals surface area contributed by atoms with Crippen LogP contribution in [0.3, 0.4) is 0 Å². The number of carbonyl (C=O) groups is 2. The third-order valence-corrected chi connectivity index (χ3v) is 6.08. The third kappa shape index (κ3) is 4.69. The van der Waals surface area contributed by atoms with Crippen LogP contribution < -0.4 is 10.1 Å². The molecule has 6 heteroatoms. The molecule has 1 N–H and O–H groups in total. The molecule has 1 heterocycles. The lowest BCUT2D eigenvalue weighted by Crippen LogP contribution is -2.41. The summed E-state index contributed by atoms with van der Waals surface area (Å²) in [5, 5.41) is 2.77. The Morgan fingerprint density at radius 3 is 2.78 bits per heavy atom. The van der Waals surface area contributed by atoms with E-state index in [-0.39, 0.29) is 29.6 Å². The molecule has 1 saturated carbocycles. The molecule has 168 valence electrons. The first-order chi connectivity index (χ1) is 15.5. The zero-order chi connectivity index (χ0) is 22.7. The number of hydrogen-bond donors (Lipinski definition) is 1. The second-order valence-corrected chi connectivity index (χ2v) is 8.42. The van der Waals surface area contributed by atoms with Crippen molar-refractivity contribution in [2.75, 3.05) is 13.1 Å². The molecule has 0 unspecified atom stereocenters. The second-order valence-electron chi connectivity index (χ2n) is 8.42. The summed E-state index contributed by atoms with van der Waals surface area (Å²) >= 11 is 0. The van der Waals surface area contributed by atoms with Gasteiger partial charge in [-0.25, -0.2) is 4.39 Å². The molecule has 2 aromatic carbocycles. The Labute approximate surface area is 188 Å². The van der Waals surface area contributed by atoms with E-state index in [0.29, 0.717) is 25.3 Å². The van der Waals surface area contributed by atoms with Crippen molar-refractivity contribution in [3.8, 4) is 5.75 Å². The van der Waals surface area contributed by atoms with E-state index in [1.165, 1.54) is 12.1 Å². The van der Waals surface area contributed by atoms with Gasteiger partial charge in [-0.3, -0.25) is 9.59 Å². The zero-order valence-electron chi connectivity index (χ0n) is 18.4. The van der Waals surface area contributed by atoms with Gasteiger partial charge in [-0.05, 0) is 66.6 Å². The zero-order valence-corrected chi connectivity index (χ0v) is 18.4. The van der Waals surface area contributed by atoms with Gasteiger partial charge >= 0.3 is 0 Å². The van der Waals surface area contributed by atoms with E-state index in [4.69, 9.17) is 4.74 Å². The van der Waals surface area contributed by atoms with Gasteiger partial charge in [-0.1, -0.05) is 31.2 Å². The molecule has 1 aliphatic carbocycles. The van der Waals surface area contributed by atoms with Crippen LogP contribution in [-0.2, 0) is 16.0 Å². The highest BCUT2D eigenvalue weighted by Gasteiger charge is 2.39. The quantitative estimate of drug-likeness (QED) is 0.632. The number of carbonyl (C=O) groups excluding carboxylic acids is 2. The van der Waals surface area contributed by atoms with Crippen molar-refractivity contribution in [3.05, 3.63) is 77.6 Å². The fourth-order valence-corrected chi connectivity index (χ4v) is 4.28. The molecule has 2 atom stereocenters. The fraction of sp³-hybridized carbons (Fsp3) is 0.385. The maximum Gasteiger partial charge on any atom is 0.261 e. The first-order valence-electron chi connectivity index (χ1n) is 11.3. The van der Waals surface area contributed by atoms with E-state index in [2.05, 4.69) is 11.9 Å². The summed E-state index contributed by atoms with van der Waals surface area (Å²) in [5.74, 6) is 0.242. The van der Waals surface area contributed by atoms with Gasteiger partial charge in [-0.2, -0.15) is 0 Å². The van der Waals surface area contributed by atoms with Gasteiger partial charge in [0.25, 0.3) is 5.91 Å². The summed E-state index contributed by atoms with van der Waals surface area (Å²) in [5.41, 5.74) is 2.78. The van der Waals surface area contributed by atoms with Crippen molar-refractivity contribution in [1.82, 2.24) is 10.2 Å². The van der Waals surface area contributed by atoms with Crippen LogP contribution in [0.4, 0.5) is 4.39 Å². The Morgan fingerprint density at radius 1 is 1.28 bits per heavy atom. The summed E-state index contributed by atoms with van der Waals surface area (Å²) < 4.78 is 20.1. The molecule has 2 aromatic rings. The predicted octanol–water partition coefficient (Wildman–Crippen LogP) is 4.17. The van der Waals surface area contributed by atoms with Crippen LogP contribution in [-0.4, -0.2) is 35.9 Å². The molecular formula is C26H29FN2O3. The highest BCUT2D eigenvalue weighted by Crippen LogP contribution is 2.41. The average molecular weight is 437 g/mol.